The van der Waals surface area contributed by atoms with Gasteiger partial charge in [-0.3, -0.25) is 9.78 Å². The van der Waals surface area contributed by atoms with Crippen molar-refractivity contribution in [1.29, 1.82) is 0 Å². The molecule has 3 aliphatic rings. The fraction of sp³-hybridized carbons (Fsp3) is 0.500. The van der Waals surface area contributed by atoms with Crippen LogP contribution in [0.1, 0.15) is 44.9 Å². The Morgan fingerprint density at radius 1 is 1.06 bits per heavy atom. The molecule has 2 saturated heterocycles. The van der Waals surface area contributed by atoms with Gasteiger partial charge in [0, 0.05) is 31.9 Å². The Morgan fingerprint density at radius 3 is 2.59 bits per heavy atom. The number of benzene rings is 1. The first-order valence-electron chi connectivity index (χ1n) is 11.8. The van der Waals surface area contributed by atoms with Crippen LogP contribution in [-0.2, 0) is 4.79 Å². The maximum atomic E-state index is 13.6. The van der Waals surface area contributed by atoms with Crippen LogP contribution >= 0.6 is 0 Å². The van der Waals surface area contributed by atoms with E-state index in [1.54, 1.807) is 0 Å². The quantitative estimate of drug-likeness (QED) is 0.732. The molecule has 166 valence electrons. The summed E-state index contributed by atoms with van der Waals surface area (Å²) in [4.78, 5) is 26.3. The third-order valence-corrected chi connectivity index (χ3v) is 7.60. The van der Waals surface area contributed by atoms with Crippen LogP contribution in [0.3, 0.4) is 0 Å². The minimum Gasteiger partial charge on any atom is -0.393 e. The Kier molecular flexibility index (Phi) is 5.60. The van der Waals surface area contributed by atoms with E-state index in [1.165, 1.54) is 0 Å². The average Bonchev–Trinajstić information content (AvgIpc) is 3.15. The number of anilines is 1. The normalized spacial score (nSPS) is 28.2. The lowest BCUT2D eigenvalue weighted by atomic mass is 9.78. The summed E-state index contributed by atoms with van der Waals surface area (Å²) in [5.41, 5.74) is 2.17. The fourth-order valence-electron chi connectivity index (χ4n) is 5.82. The van der Waals surface area contributed by atoms with Crippen molar-refractivity contribution in [3.05, 3.63) is 54.0 Å². The van der Waals surface area contributed by atoms with Gasteiger partial charge in [0.2, 0.25) is 11.6 Å². The van der Waals surface area contributed by atoms with E-state index >= 15 is 0 Å². The second kappa shape index (κ2) is 8.55. The minimum atomic E-state index is -0.368. The maximum absolute atomic E-state index is 13.6. The van der Waals surface area contributed by atoms with E-state index < -0.39 is 0 Å². The Labute approximate surface area is 189 Å². The molecule has 6 heteroatoms. The van der Waals surface area contributed by atoms with Gasteiger partial charge in [-0.25, -0.2) is 4.85 Å². The molecule has 3 fully saturated rings. The lowest BCUT2D eigenvalue weighted by Gasteiger charge is -2.41. The Hall–Kier alpha value is -2.91. The molecule has 1 aromatic heterocycles. The SMILES string of the molecule is [C-]#[N+]c1cc(-c2ccccc2)cnc1N1CCC[C@@]2(CCN(C3CCC(O)CC3)C2=O)C1. The fourth-order valence-corrected chi connectivity index (χ4v) is 5.82. The molecule has 0 radical (unpaired) electrons. The zero-order valence-electron chi connectivity index (χ0n) is 18.4. The van der Waals surface area contributed by atoms with Crippen molar-refractivity contribution in [3.8, 4) is 11.1 Å². The van der Waals surface area contributed by atoms with Crippen LogP contribution in [-0.4, -0.2) is 52.7 Å². The highest BCUT2D eigenvalue weighted by molar-refractivity contribution is 5.86. The van der Waals surface area contributed by atoms with Crippen LogP contribution in [0.4, 0.5) is 11.5 Å². The van der Waals surface area contributed by atoms with Crippen LogP contribution < -0.4 is 4.90 Å². The third kappa shape index (κ3) is 3.75. The lowest BCUT2D eigenvalue weighted by Crippen LogP contribution is -2.50. The number of piperidine rings is 1. The average molecular weight is 431 g/mol. The zero-order chi connectivity index (χ0) is 22.1. The van der Waals surface area contributed by atoms with Gasteiger partial charge < -0.3 is 14.9 Å². The molecule has 32 heavy (non-hydrogen) atoms. The number of carbonyl (C=O) groups excluding carboxylic acids is 1. The molecule has 0 bridgehead atoms. The Balaban J connectivity index is 1.36. The highest BCUT2D eigenvalue weighted by Gasteiger charge is 2.50. The van der Waals surface area contributed by atoms with Gasteiger partial charge in [-0.15, -0.1) is 0 Å². The number of amides is 1. The van der Waals surface area contributed by atoms with Crippen molar-refractivity contribution < 1.29 is 9.90 Å². The first-order valence-corrected chi connectivity index (χ1v) is 11.8. The van der Waals surface area contributed by atoms with E-state index in [2.05, 4.69) is 14.6 Å². The van der Waals surface area contributed by atoms with Crippen LogP contribution in [0.2, 0.25) is 0 Å². The first-order chi connectivity index (χ1) is 15.6. The third-order valence-electron chi connectivity index (χ3n) is 7.60. The van der Waals surface area contributed by atoms with Gasteiger partial charge in [0.1, 0.15) is 5.82 Å². The summed E-state index contributed by atoms with van der Waals surface area (Å²) in [6.07, 6.45) is 7.73. The summed E-state index contributed by atoms with van der Waals surface area (Å²) in [7, 11) is 0. The second-order valence-electron chi connectivity index (χ2n) is 9.56. The zero-order valence-corrected chi connectivity index (χ0v) is 18.4. The van der Waals surface area contributed by atoms with Gasteiger partial charge in [0.15, 0.2) is 0 Å². The topological polar surface area (TPSA) is 61.0 Å². The van der Waals surface area contributed by atoms with Crippen LogP contribution in [0.25, 0.3) is 16.0 Å². The van der Waals surface area contributed by atoms with Crippen molar-refractivity contribution in [3.63, 3.8) is 0 Å². The molecule has 3 heterocycles. The number of pyridine rings is 1. The molecular weight excluding hydrogens is 400 g/mol. The number of rotatable bonds is 3. The van der Waals surface area contributed by atoms with Crippen molar-refractivity contribution in [2.45, 2.75) is 57.1 Å². The summed E-state index contributed by atoms with van der Waals surface area (Å²) in [6.45, 7) is 10.0. The summed E-state index contributed by atoms with van der Waals surface area (Å²) in [6, 6.07) is 12.2. The van der Waals surface area contributed by atoms with Gasteiger partial charge in [-0.05, 0) is 62.1 Å². The van der Waals surface area contributed by atoms with Crippen molar-refractivity contribution >= 4 is 17.4 Å². The molecule has 1 N–H and O–H groups in total. The molecule has 2 aliphatic heterocycles. The van der Waals surface area contributed by atoms with Gasteiger partial charge in [0.05, 0.1) is 18.1 Å². The number of aromatic nitrogens is 1. The van der Waals surface area contributed by atoms with Crippen molar-refractivity contribution in [2.75, 3.05) is 24.5 Å². The van der Waals surface area contributed by atoms with E-state index in [1.807, 2.05) is 42.6 Å². The number of nitrogens with zero attached hydrogens (tertiary/aromatic N) is 4. The lowest BCUT2D eigenvalue weighted by molar-refractivity contribution is -0.139. The van der Waals surface area contributed by atoms with Gasteiger partial charge in [-0.2, -0.15) is 0 Å². The van der Waals surface area contributed by atoms with Crippen LogP contribution in [0, 0.1) is 12.0 Å². The summed E-state index contributed by atoms with van der Waals surface area (Å²) >= 11 is 0. The predicted octanol–water partition coefficient (Wildman–Crippen LogP) is 4.42. The number of likely N-dealkylation sites (tertiary alicyclic amines) is 1. The molecule has 1 spiro atoms. The monoisotopic (exact) mass is 430 g/mol. The van der Waals surface area contributed by atoms with Crippen LogP contribution in [0.15, 0.2) is 42.6 Å². The highest BCUT2D eigenvalue weighted by atomic mass is 16.3. The predicted molar refractivity (Wildman–Crippen MR) is 124 cm³/mol. The summed E-state index contributed by atoms with van der Waals surface area (Å²) < 4.78 is 0. The van der Waals surface area contributed by atoms with E-state index in [0.717, 1.165) is 69.2 Å². The Bertz CT molecular complexity index is 1030. The first kappa shape index (κ1) is 21.0. The number of hydrogen-bond donors (Lipinski definition) is 1. The Morgan fingerprint density at radius 2 is 1.84 bits per heavy atom. The largest absolute Gasteiger partial charge is 0.393 e. The molecule has 5 rings (SSSR count). The van der Waals surface area contributed by atoms with E-state index in [4.69, 9.17) is 11.6 Å². The number of hydrogen-bond acceptors (Lipinski definition) is 4. The van der Waals surface area contributed by atoms with Crippen molar-refractivity contribution in [1.82, 2.24) is 9.88 Å². The van der Waals surface area contributed by atoms with Gasteiger partial charge in [0.25, 0.3) is 0 Å². The molecule has 1 atom stereocenters. The van der Waals surface area contributed by atoms with Gasteiger partial charge >= 0.3 is 0 Å². The smallest absolute Gasteiger partial charge is 0.230 e. The summed E-state index contributed by atoms with van der Waals surface area (Å²) in [5.74, 6) is 0.972. The maximum Gasteiger partial charge on any atom is 0.230 e. The van der Waals surface area contributed by atoms with Crippen LogP contribution in [0.5, 0.6) is 0 Å². The molecule has 2 aromatic rings. The van der Waals surface area contributed by atoms with Crippen molar-refractivity contribution in [2.24, 2.45) is 5.41 Å². The van der Waals surface area contributed by atoms with E-state index in [-0.39, 0.29) is 23.5 Å². The molecule has 1 amide bonds. The molecule has 1 aromatic carbocycles. The number of aliphatic hydroxyl groups excluding tert-OH is 1. The molecule has 6 nitrogen and oxygen atoms in total. The summed E-state index contributed by atoms with van der Waals surface area (Å²) in [5, 5.41) is 9.84. The number of carbonyl (C=O) groups is 1. The molecule has 0 unspecified atom stereocenters. The molecule has 1 saturated carbocycles. The second-order valence-corrected chi connectivity index (χ2v) is 9.56. The standard InChI is InChI=1S/C26H30N4O2/c1-27-23-16-20(19-6-3-2-4-7-19)17-28-24(23)29-14-5-12-26(18-29)13-15-30(25(26)32)21-8-10-22(31)11-9-21/h2-4,6-7,16-17,21-22,31H,5,8-15,18H2/t21?,22?,26-/m1/s1. The van der Waals surface area contributed by atoms with Gasteiger partial charge in [-0.1, -0.05) is 30.3 Å². The minimum absolute atomic E-state index is 0.208. The van der Waals surface area contributed by atoms with E-state index in [0.29, 0.717) is 18.1 Å². The van der Waals surface area contributed by atoms with E-state index in [9.17, 15) is 9.90 Å². The highest BCUT2D eigenvalue weighted by Crippen LogP contribution is 2.44. The number of aliphatic hydroxyl groups is 1. The molecular formula is C26H30N4O2. The molecule has 1 aliphatic carbocycles.